The summed E-state index contributed by atoms with van der Waals surface area (Å²) < 4.78 is 0. The van der Waals surface area contributed by atoms with E-state index in [-0.39, 0.29) is 0 Å². The predicted molar refractivity (Wildman–Crippen MR) is 66.7 cm³/mol. The molecule has 0 aromatic rings. The van der Waals surface area contributed by atoms with Gasteiger partial charge < -0.3 is 15.5 Å². The topological polar surface area (TPSA) is 27.3 Å². The van der Waals surface area contributed by atoms with Crippen molar-refractivity contribution in [1.29, 1.82) is 0 Å². The summed E-state index contributed by atoms with van der Waals surface area (Å²) in [5.74, 6) is 0. The average Bonchev–Trinajstić information content (AvgIpc) is 2.18. The van der Waals surface area contributed by atoms with Crippen LogP contribution in [0.5, 0.6) is 0 Å². The third-order valence-corrected chi connectivity index (χ3v) is 2.42. The SMILES string of the molecule is CCCCNC(=S)NCCN(C)CC. The van der Waals surface area contributed by atoms with E-state index in [1.54, 1.807) is 0 Å². The van der Waals surface area contributed by atoms with Crippen LogP contribution >= 0.6 is 12.2 Å². The highest BCUT2D eigenvalue weighted by Crippen LogP contribution is 1.82. The van der Waals surface area contributed by atoms with E-state index in [9.17, 15) is 0 Å². The maximum absolute atomic E-state index is 5.11. The highest BCUT2D eigenvalue weighted by Gasteiger charge is 1.95. The van der Waals surface area contributed by atoms with Crippen LogP contribution in [-0.4, -0.2) is 43.2 Å². The quantitative estimate of drug-likeness (QED) is 0.495. The van der Waals surface area contributed by atoms with E-state index in [1.807, 2.05) is 0 Å². The molecule has 0 spiro atoms. The molecular weight excluding hydrogens is 194 g/mol. The summed E-state index contributed by atoms with van der Waals surface area (Å²) in [4.78, 5) is 2.25. The molecule has 4 heteroatoms. The molecule has 0 radical (unpaired) electrons. The van der Waals surface area contributed by atoms with Crippen molar-refractivity contribution in [3.63, 3.8) is 0 Å². The Morgan fingerprint density at radius 2 is 1.86 bits per heavy atom. The van der Waals surface area contributed by atoms with E-state index >= 15 is 0 Å². The molecule has 2 N–H and O–H groups in total. The first-order chi connectivity index (χ1) is 6.70. The Morgan fingerprint density at radius 3 is 2.43 bits per heavy atom. The van der Waals surface area contributed by atoms with Crippen molar-refractivity contribution < 1.29 is 0 Å². The summed E-state index contributed by atoms with van der Waals surface area (Å²) in [6, 6.07) is 0. The number of hydrogen-bond acceptors (Lipinski definition) is 2. The van der Waals surface area contributed by atoms with Crippen LogP contribution in [0.3, 0.4) is 0 Å². The van der Waals surface area contributed by atoms with Crippen LogP contribution in [0.1, 0.15) is 26.7 Å². The number of unbranched alkanes of at least 4 members (excludes halogenated alkanes) is 1. The Balaban J connectivity index is 3.26. The molecule has 84 valence electrons. The van der Waals surface area contributed by atoms with Crippen LogP contribution in [0.25, 0.3) is 0 Å². The minimum absolute atomic E-state index is 0.781. The normalized spacial score (nSPS) is 10.3. The molecule has 0 aliphatic carbocycles. The second-order valence-corrected chi connectivity index (χ2v) is 3.84. The molecule has 14 heavy (non-hydrogen) atoms. The fourth-order valence-corrected chi connectivity index (χ4v) is 1.16. The van der Waals surface area contributed by atoms with Gasteiger partial charge in [-0.05, 0) is 32.2 Å². The first-order valence-corrected chi connectivity index (χ1v) is 5.81. The molecule has 0 atom stereocenters. The first kappa shape index (κ1) is 13.7. The van der Waals surface area contributed by atoms with E-state index < -0.39 is 0 Å². The number of hydrogen-bond donors (Lipinski definition) is 2. The van der Waals surface area contributed by atoms with E-state index in [0.29, 0.717) is 0 Å². The van der Waals surface area contributed by atoms with Crippen molar-refractivity contribution in [3.05, 3.63) is 0 Å². The van der Waals surface area contributed by atoms with Gasteiger partial charge in [-0.3, -0.25) is 0 Å². The Labute approximate surface area is 93.2 Å². The number of rotatable bonds is 7. The zero-order valence-electron chi connectivity index (χ0n) is 9.60. The van der Waals surface area contributed by atoms with Crippen LogP contribution in [0.4, 0.5) is 0 Å². The summed E-state index contributed by atoms with van der Waals surface area (Å²) in [5, 5.41) is 7.14. The monoisotopic (exact) mass is 217 g/mol. The van der Waals surface area contributed by atoms with Crippen molar-refractivity contribution >= 4 is 17.3 Å². The molecular formula is C10H23N3S. The molecule has 0 heterocycles. The van der Waals surface area contributed by atoms with E-state index in [1.165, 1.54) is 12.8 Å². The molecule has 0 aromatic carbocycles. The van der Waals surface area contributed by atoms with E-state index in [0.717, 1.165) is 31.3 Å². The number of likely N-dealkylation sites (N-methyl/N-ethyl adjacent to an activating group) is 1. The van der Waals surface area contributed by atoms with Crippen molar-refractivity contribution in [2.24, 2.45) is 0 Å². The Morgan fingerprint density at radius 1 is 1.21 bits per heavy atom. The summed E-state index contributed by atoms with van der Waals surface area (Å²) >= 11 is 5.11. The molecule has 0 fully saturated rings. The minimum Gasteiger partial charge on any atom is -0.363 e. The zero-order valence-corrected chi connectivity index (χ0v) is 10.4. The molecule has 0 unspecified atom stereocenters. The maximum atomic E-state index is 5.11. The summed E-state index contributed by atoms with van der Waals surface area (Å²) in [6.45, 7) is 8.34. The number of nitrogens with zero attached hydrogens (tertiary/aromatic N) is 1. The Kier molecular flexibility index (Phi) is 8.98. The second-order valence-electron chi connectivity index (χ2n) is 3.43. The Hall–Kier alpha value is -0.350. The van der Waals surface area contributed by atoms with E-state index in [2.05, 4.69) is 36.4 Å². The van der Waals surface area contributed by atoms with Crippen LogP contribution in [0.15, 0.2) is 0 Å². The van der Waals surface area contributed by atoms with Gasteiger partial charge in [-0.1, -0.05) is 20.3 Å². The van der Waals surface area contributed by atoms with Gasteiger partial charge in [-0.25, -0.2) is 0 Å². The summed E-state index contributed by atoms with van der Waals surface area (Å²) in [6.07, 6.45) is 2.38. The second kappa shape index (κ2) is 9.21. The van der Waals surface area contributed by atoms with Crippen molar-refractivity contribution in [3.8, 4) is 0 Å². The third-order valence-electron chi connectivity index (χ3n) is 2.13. The smallest absolute Gasteiger partial charge is 0.166 e. The largest absolute Gasteiger partial charge is 0.363 e. The molecule has 0 saturated carbocycles. The molecule has 0 rings (SSSR count). The van der Waals surface area contributed by atoms with Gasteiger partial charge in [0, 0.05) is 19.6 Å². The average molecular weight is 217 g/mol. The molecule has 0 aromatic heterocycles. The van der Waals surface area contributed by atoms with Gasteiger partial charge >= 0.3 is 0 Å². The first-order valence-electron chi connectivity index (χ1n) is 5.41. The van der Waals surface area contributed by atoms with Gasteiger partial charge in [0.2, 0.25) is 0 Å². The molecule has 0 aliphatic rings. The van der Waals surface area contributed by atoms with E-state index in [4.69, 9.17) is 12.2 Å². The number of thiocarbonyl (C=S) groups is 1. The fraction of sp³-hybridized carbons (Fsp3) is 0.900. The highest BCUT2D eigenvalue weighted by molar-refractivity contribution is 7.80. The predicted octanol–water partition coefficient (Wildman–Crippen LogP) is 1.20. The van der Waals surface area contributed by atoms with Gasteiger partial charge in [0.05, 0.1) is 0 Å². The molecule has 3 nitrogen and oxygen atoms in total. The highest BCUT2D eigenvalue weighted by atomic mass is 32.1. The fourth-order valence-electron chi connectivity index (χ4n) is 0.960. The van der Waals surface area contributed by atoms with Gasteiger partial charge in [0.15, 0.2) is 5.11 Å². The molecule has 0 amide bonds. The van der Waals surface area contributed by atoms with Crippen LogP contribution < -0.4 is 10.6 Å². The summed E-state index contributed by atoms with van der Waals surface area (Å²) in [7, 11) is 2.11. The van der Waals surface area contributed by atoms with Crippen molar-refractivity contribution in [2.75, 3.05) is 33.2 Å². The van der Waals surface area contributed by atoms with Gasteiger partial charge in [0.1, 0.15) is 0 Å². The van der Waals surface area contributed by atoms with Gasteiger partial charge in [0.25, 0.3) is 0 Å². The number of nitrogens with one attached hydrogen (secondary N) is 2. The standard InChI is InChI=1S/C10H23N3S/c1-4-6-7-11-10(14)12-8-9-13(3)5-2/h4-9H2,1-3H3,(H2,11,12,14). The van der Waals surface area contributed by atoms with Crippen LogP contribution in [-0.2, 0) is 0 Å². The molecule has 0 aliphatic heterocycles. The van der Waals surface area contributed by atoms with Crippen LogP contribution in [0, 0.1) is 0 Å². The van der Waals surface area contributed by atoms with Gasteiger partial charge in [-0.15, -0.1) is 0 Å². The zero-order chi connectivity index (χ0) is 10.8. The van der Waals surface area contributed by atoms with Gasteiger partial charge in [-0.2, -0.15) is 0 Å². The summed E-state index contributed by atoms with van der Waals surface area (Å²) in [5.41, 5.74) is 0. The lowest BCUT2D eigenvalue weighted by atomic mass is 10.3. The van der Waals surface area contributed by atoms with Crippen LogP contribution in [0.2, 0.25) is 0 Å². The lowest BCUT2D eigenvalue weighted by Crippen LogP contribution is -2.39. The molecule has 0 saturated heterocycles. The Bertz CT molecular complexity index is 150. The lowest BCUT2D eigenvalue weighted by molar-refractivity contribution is 0.357. The molecule has 0 bridgehead atoms. The lowest BCUT2D eigenvalue weighted by Gasteiger charge is -2.15. The van der Waals surface area contributed by atoms with Crippen molar-refractivity contribution in [1.82, 2.24) is 15.5 Å². The van der Waals surface area contributed by atoms with Crippen molar-refractivity contribution in [2.45, 2.75) is 26.7 Å². The maximum Gasteiger partial charge on any atom is 0.166 e. The minimum atomic E-state index is 0.781. The third kappa shape index (κ3) is 8.26.